The van der Waals surface area contributed by atoms with Crippen LogP contribution < -0.4 is 0 Å². The first-order valence-electron chi connectivity index (χ1n) is 9.15. The number of likely N-dealkylation sites (tertiary alicyclic amines) is 1. The summed E-state index contributed by atoms with van der Waals surface area (Å²) in [6.07, 6.45) is 7.17. The maximum Gasteiger partial charge on any atom is 0.252 e. The number of aromatic nitrogens is 2. The smallest absolute Gasteiger partial charge is 0.252 e. The topological polar surface area (TPSA) is 47.4 Å². The predicted octanol–water partition coefficient (Wildman–Crippen LogP) is 2.69. The molecule has 0 N–H and O–H groups in total. The van der Waals surface area contributed by atoms with Crippen molar-refractivity contribution in [2.45, 2.75) is 44.4 Å². The quantitative estimate of drug-likeness (QED) is 0.860. The van der Waals surface area contributed by atoms with Gasteiger partial charge in [-0.3, -0.25) is 4.79 Å². The Morgan fingerprint density at radius 3 is 2.92 bits per heavy atom. The molecule has 2 aliphatic rings. The fraction of sp³-hybridized carbons (Fsp3) is 0.500. The van der Waals surface area contributed by atoms with Gasteiger partial charge in [0.15, 0.2) is 0 Å². The van der Waals surface area contributed by atoms with E-state index in [1.807, 2.05) is 28.1 Å². The maximum atomic E-state index is 13.1. The first-order valence-corrected chi connectivity index (χ1v) is 9.15. The van der Waals surface area contributed by atoms with Gasteiger partial charge >= 0.3 is 0 Å². The average Bonchev–Trinajstić information content (AvgIpc) is 3.37. The van der Waals surface area contributed by atoms with E-state index in [2.05, 4.69) is 36.2 Å². The van der Waals surface area contributed by atoms with Gasteiger partial charge in [-0.15, -0.1) is 0 Å². The molecule has 1 aromatic heterocycles. The third kappa shape index (κ3) is 3.33. The Kier molecular flexibility index (Phi) is 4.57. The number of nitrogens with zero attached hydrogens (tertiary/aromatic N) is 3. The van der Waals surface area contributed by atoms with E-state index in [9.17, 15) is 4.79 Å². The summed E-state index contributed by atoms with van der Waals surface area (Å²) in [6, 6.07) is 10.8. The average molecular weight is 339 g/mol. The van der Waals surface area contributed by atoms with Crippen LogP contribution in [0.2, 0.25) is 0 Å². The molecule has 4 atom stereocenters. The molecule has 5 nitrogen and oxygen atoms in total. The number of amides is 1. The lowest BCUT2D eigenvalue weighted by atomic mass is 9.97. The monoisotopic (exact) mass is 339 g/mol. The second-order valence-corrected chi connectivity index (χ2v) is 7.28. The Bertz CT molecular complexity index is 701. The third-order valence-electron chi connectivity index (χ3n) is 5.59. The maximum absolute atomic E-state index is 13.1. The number of carbonyl (C=O) groups excluding carboxylic acids is 1. The summed E-state index contributed by atoms with van der Waals surface area (Å²) in [4.78, 5) is 19.3. The number of benzene rings is 1. The van der Waals surface area contributed by atoms with E-state index in [-0.39, 0.29) is 24.0 Å². The first kappa shape index (κ1) is 16.3. The zero-order valence-electron chi connectivity index (χ0n) is 14.6. The zero-order chi connectivity index (χ0) is 17.2. The van der Waals surface area contributed by atoms with Crippen molar-refractivity contribution >= 4 is 5.91 Å². The molecular weight excluding hydrogens is 314 g/mol. The molecule has 132 valence electrons. The summed E-state index contributed by atoms with van der Waals surface area (Å²) >= 11 is 0. The number of carbonyl (C=O) groups is 1. The second kappa shape index (κ2) is 7.00. The molecule has 0 aliphatic carbocycles. The van der Waals surface area contributed by atoms with E-state index in [0.717, 1.165) is 25.9 Å². The van der Waals surface area contributed by atoms with Crippen molar-refractivity contribution in [1.82, 2.24) is 14.5 Å². The van der Waals surface area contributed by atoms with Gasteiger partial charge in [0.2, 0.25) is 0 Å². The van der Waals surface area contributed by atoms with E-state index in [4.69, 9.17) is 4.74 Å². The molecule has 2 fully saturated rings. The van der Waals surface area contributed by atoms with Gasteiger partial charge in [0.05, 0.1) is 6.33 Å². The molecule has 2 unspecified atom stereocenters. The number of imidazole rings is 1. The summed E-state index contributed by atoms with van der Waals surface area (Å²) in [6.45, 7) is 4.41. The van der Waals surface area contributed by atoms with Crippen molar-refractivity contribution in [3.63, 3.8) is 0 Å². The fourth-order valence-electron chi connectivity index (χ4n) is 4.23. The van der Waals surface area contributed by atoms with Gasteiger partial charge < -0.3 is 14.2 Å². The lowest BCUT2D eigenvalue weighted by Gasteiger charge is -2.27. The van der Waals surface area contributed by atoms with Crippen molar-refractivity contribution in [2.24, 2.45) is 5.92 Å². The highest BCUT2D eigenvalue weighted by Gasteiger charge is 2.41. The number of hydrogen-bond donors (Lipinski definition) is 0. The van der Waals surface area contributed by atoms with E-state index in [1.54, 1.807) is 6.20 Å². The summed E-state index contributed by atoms with van der Waals surface area (Å²) in [5, 5.41) is 0. The molecule has 2 aromatic rings. The molecule has 2 saturated heterocycles. The van der Waals surface area contributed by atoms with Crippen LogP contribution in [0.3, 0.4) is 0 Å². The Hall–Kier alpha value is -2.14. The van der Waals surface area contributed by atoms with Crippen molar-refractivity contribution in [1.29, 1.82) is 0 Å². The lowest BCUT2D eigenvalue weighted by molar-refractivity contribution is -0.143. The predicted molar refractivity (Wildman–Crippen MR) is 95.0 cm³/mol. The van der Waals surface area contributed by atoms with Gasteiger partial charge in [-0.25, -0.2) is 4.98 Å². The van der Waals surface area contributed by atoms with E-state index >= 15 is 0 Å². The van der Waals surface area contributed by atoms with E-state index < -0.39 is 0 Å². The van der Waals surface area contributed by atoms with Crippen molar-refractivity contribution in [2.75, 3.05) is 13.2 Å². The Labute approximate surface area is 148 Å². The molecule has 5 heteroatoms. The highest BCUT2D eigenvalue weighted by Crippen LogP contribution is 2.34. The molecule has 25 heavy (non-hydrogen) atoms. The minimum absolute atomic E-state index is 0.161. The van der Waals surface area contributed by atoms with Gasteiger partial charge in [0.1, 0.15) is 6.10 Å². The van der Waals surface area contributed by atoms with Gasteiger partial charge in [-0.2, -0.15) is 0 Å². The Morgan fingerprint density at radius 1 is 1.32 bits per heavy atom. The molecule has 1 aromatic carbocycles. The zero-order valence-corrected chi connectivity index (χ0v) is 14.6. The van der Waals surface area contributed by atoms with Crippen LogP contribution in [0.5, 0.6) is 0 Å². The Morgan fingerprint density at radius 2 is 2.16 bits per heavy atom. The number of hydrogen-bond acceptors (Lipinski definition) is 3. The van der Waals surface area contributed by atoms with Crippen molar-refractivity contribution in [3.8, 4) is 0 Å². The Balaban J connectivity index is 1.44. The molecule has 2 aliphatic heterocycles. The number of rotatable bonds is 4. The van der Waals surface area contributed by atoms with Crippen LogP contribution in [0.1, 0.15) is 31.2 Å². The van der Waals surface area contributed by atoms with Crippen LogP contribution in [-0.2, 0) is 16.1 Å². The van der Waals surface area contributed by atoms with E-state index in [0.29, 0.717) is 12.5 Å². The van der Waals surface area contributed by atoms with Gasteiger partial charge in [-0.1, -0.05) is 30.3 Å². The summed E-state index contributed by atoms with van der Waals surface area (Å²) in [5.41, 5.74) is 1.33. The number of ether oxygens (including phenoxy) is 1. The highest BCUT2D eigenvalue weighted by atomic mass is 16.5. The summed E-state index contributed by atoms with van der Waals surface area (Å²) < 4.78 is 7.89. The van der Waals surface area contributed by atoms with Gasteiger partial charge in [-0.05, 0) is 25.3 Å². The highest BCUT2D eigenvalue weighted by molar-refractivity contribution is 5.82. The fourth-order valence-corrected chi connectivity index (χ4v) is 4.23. The first-order chi connectivity index (χ1) is 12.2. The third-order valence-corrected chi connectivity index (χ3v) is 5.59. The normalized spacial score (nSPS) is 29.2. The van der Waals surface area contributed by atoms with Crippen LogP contribution in [0.4, 0.5) is 0 Å². The van der Waals surface area contributed by atoms with Crippen LogP contribution in [0, 0.1) is 5.92 Å². The molecule has 0 saturated carbocycles. The van der Waals surface area contributed by atoms with Crippen LogP contribution in [-0.4, -0.2) is 45.7 Å². The molecule has 4 rings (SSSR count). The van der Waals surface area contributed by atoms with Gasteiger partial charge in [0, 0.05) is 50.0 Å². The minimum atomic E-state index is -0.320. The summed E-state index contributed by atoms with van der Waals surface area (Å²) in [5.74, 6) is 0.812. The van der Waals surface area contributed by atoms with Crippen LogP contribution in [0.15, 0.2) is 49.1 Å². The SMILES string of the molecule is CC1CC(c2ccccc2)CN1C(=O)[C@@H]1OCC[C@@H]1Cn1ccnc1. The standard InChI is InChI=1S/C20H25N3O2/c1-15-11-18(16-5-3-2-4-6-16)13-23(15)20(24)19-17(7-10-25-19)12-22-9-8-21-14-22/h2-6,8-9,14-15,17-19H,7,10-13H2,1H3/t15?,17-,18?,19-/m1/s1. The second-order valence-electron chi connectivity index (χ2n) is 7.28. The molecule has 0 spiro atoms. The molecule has 0 radical (unpaired) electrons. The van der Waals surface area contributed by atoms with E-state index in [1.165, 1.54) is 5.56 Å². The van der Waals surface area contributed by atoms with Gasteiger partial charge in [0.25, 0.3) is 5.91 Å². The molecular formula is C20H25N3O2. The molecule has 3 heterocycles. The lowest BCUT2D eigenvalue weighted by Crippen LogP contribution is -2.44. The molecule has 0 bridgehead atoms. The van der Waals surface area contributed by atoms with Crippen molar-refractivity contribution in [3.05, 3.63) is 54.6 Å². The largest absolute Gasteiger partial charge is 0.368 e. The van der Waals surface area contributed by atoms with Crippen molar-refractivity contribution < 1.29 is 9.53 Å². The minimum Gasteiger partial charge on any atom is -0.368 e. The van der Waals surface area contributed by atoms with Crippen LogP contribution in [0.25, 0.3) is 0 Å². The molecule has 1 amide bonds. The van der Waals surface area contributed by atoms with Crippen LogP contribution >= 0.6 is 0 Å². The summed E-state index contributed by atoms with van der Waals surface area (Å²) in [7, 11) is 0.